The van der Waals surface area contributed by atoms with Gasteiger partial charge in [0.25, 0.3) is 5.69 Å². The number of hydrogen-bond donors (Lipinski definition) is 2. The molecule has 0 aliphatic carbocycles. The van der Waals surface area contributed by atoms with Crippen LogP contribution in [0.4, 0.5) is 5.69 Å². The molecular formula is C9H12N2O3. The van der Waals surface area contributed by atoms with Gasteiger partial charge in [0.15, 0.2) is 0 Å². The number of hydrogen-bond acceptors (Lipinski definition) is 4. The van der Waals surface area contributed by atoms with Gasteiger partial charge in [-0.15, -0.1) is 0 Å². The van der Waals surface area contributed by atoms with Gasteiger partial charge < -0.3 is 10.8 Å². The van der Waals surface area contributed by atoms with Gasteiger partial charge in [-0.1, -0.05) is 12.1 Å². The van der Waals surface area contributed by atoms with Crippen molar-refractivity contribution in [3.63, 3.8) is 0 Å². The quantitative estimate of drug-likeness (QED) is 0.554. The topological polar surface area (TPSA) is 89.4 Å². The number of non-ortho nitro benzene ring substituents is 1. The van der Waals surface area contributed by atoms with Gasteiger partial charge in [-0.05, 0) is 18.5 Å². The van der Waals surface area contributed by atoms with Crippen LogP contribution in [0.2, 0.25) is 0 Å². The van der Waals surface area contributed by atoms with Gasteiger partial charge in [-0.2, -0.15) is 0 Å². The molecule has 5 heteroatoms. The van der Waals surface area contributed by atoms with E-state index in [1.165, 1.54) is 12.1 Å². The number of benzene rings is 1. The zero-order chi connectivity index (χ0) is 10.6. The molecule has 0 bridgehead atoms. The first-order valence-corrected chi connectivity index (χ1v) is 4.27. The predicted octanol–water partition coefficient (Wildman–Crippen LogP) is 0.977. The van der Waals surface area contributed by atoms with E-state index >= 15 is 0 Å². The van der Waals surface area contributed by atoms with E-state index in [9.17, 15) is 15.2 Å². The summed E-state index contributed by atoms with van der Waals surface area (Å²) in [6.07, 6.45) is -0.318. The van der Waals surface area contributed by atoms with Gasteiger partial charge in [0, 0.05) is 12.1 Å². The van der Waals surface area contributed by atoms with Crippen LogP contribution in [0.25, 0.3) is 0 Å². The molecule has 0 heterocycles. The van der Waals surface area contributed by atoms with Crippen LogP contribution in [0.1, 0.15) is 18.1 Å². The fourth-order valence-corrected chi connectivity index (χ4v) is 1.17. The Labute approximate surface area is 81.3 Å². The molecule has 1 rings (SSSR count). The summed E-state index contributed by atoms with van der Waals surface area (Å²) < 4.78 is 0. The first kappa shape index (κ1) is 10.6. The van der Waals surface area contributed by atoms with Crippen molar-refractivity contribution in [1.29, 1.82) is 0 Å². The fraction of sp³-hybridized carbons (Fsp3) is 0.333. The Bertz CT molecular complexity index is 328. The van der Waals surface area contributed by atoms with Crippen molar-refractivity contribution in [2.45, 2.75) is 12.5 Å². The molecule has 0 saturated heterocycles. The van der Waals surface area contributed by atoms with E-state index in [0.29, 0.717) is 18.5 Å². The lowest BCUT2D eigenvalue weighted by atomic mass is 10.1. The van der Waals surface area contributed by atoms with Crippen molar-refractivity contribution in [2.24, 2.45) is 5.73 Å². The van der Waals surface area contributed by atoms with Crippen LogP contribution in [0.15, 0.2) is 24.3 Å². The SMILES string of the molecule is NCC[C@H](O)c1cccc([N+](=O)[O-])c1. The Balaban J connectivity index is 2.87. The van der Waals surface area contributed by atoms with Crippen LogP contribution >= 0.6 is 0 Å². The van der Waals surface area contributed by atoms with E-state index in [4.69, 9.17) is 5.73 Å². The van der Waals surface area contributed by atoms with E-state index in [1.807, 2.05) is 0 Å². The fourth-order valence-electron chi connectivity index (χ4n) is 1.17. The maximum atomic E-state index is 10.4. The number of rotatable bonds is 4. The standard InChI is InChI=1S/C9H12N2O3/c10-5-4-9(12)7-2-1-3-8(6-7)11(13)14/h1-3,6,9,12H,4-5,10H2/t9-/m0/s1. The number of aliphatic hydroxyl groups is 1. The molecule has 1 atom stereocenters. The van der Waals surface area contributed by atoms with Gasteiger partial charge in [-0.3, -0.25) is 10.1 Å². The van der Waals surface area contributed by atoms with E-state index < -0.39 is 11.0 Å². The first-order valence-electron chi connectivity index (χ1n) is 4.27. The molecule has 0 spiro atoms. The van der Waals surface area contributed by atoms with Crippen LogP contribution in [-0.4, -0.2) is 16.6 Å². The second kappa shape index (κ2) is 4.69. The molecule has 0 amide bonds. The lowest BCUT2D eigenvalue weighted by Crippen LogP contribution is -2.06. The van der Waals surface area contributed by atoms with Crippen LogP contribution in [0.3, 0.4) is 0 Å². The minimum absolute atomic E-state index is 0.0152. The highest BCUT2D eigenvalue weighted by molar-refractivity contribution is 5.35. The number of nitrogens with two attached hydrogens (primary N) is 1. The van der Waals surface area contributed by atoms with Crippen molar-refractivity contribution in [2.75, 3.05) is 6.54 Å². The maximum absolute atomic E-state index is 10.4. The normalized spacial score (nSPS) is 12.4. The highest BCUT2D eigenvalue weighted by atomic mass is 16.6. The van der Waals surface area contributed by atoms with Crippen LogP contribution in [0.5, 0.6) is 0 Å². The molecule has 14 heavy (non-hydrogen) atoms. The number of nitro benzene ring substituents is 1. The highest BCUT2D eigenvalue weighted by Gasteiger charge is 2.11. The second-order valence-electron chi connectivity index (χ2n) is 2.95. The molecule has 0 unspecified atom stereocenters. The molecule has 3 N–H and O–H groups in total. The summed E-state index contributed by atoms with van der Waals surface area (Å²) in [5, 5.41) is 20.0. The van der Waals surface area contributed by atoms with Crippen molar-refractivity contribution in [3.05, 3.63) is 39.9 Å². The Morgan fingerprint density at radius 1 is 1.57 bits per heavy atom. The largest absolute Gasteiger partial charge is 0.388 e. The zero-order valence-electron chi connectivity index (χ0n) is 7.59. The third-order valence-electron chi connectivity index (χ3n) is 1.91. The van der Waals surface area contributed by atoms with Crippen LogP contribution in [-0.2, 0) is 0 Å². The summed E-state index contributed by atoms with van der Waals surface area (Å²) in [6.45, 7) is 0.351. The minimum atomic E-state index is -0.722. The van der Waals surface area contributed by atoms with E-state index in [-0.39, 0.29) is 5.69 Å². The summed E-state index contributed by atoms with van der Waals surface area (Å²) in [4.78, 5) is 9.95. The smallest absolute Gasteiger partial charge is 0.269 e. The molecule has 1 aromatic carbocycles. The Kier molecular flexibility index (Phi) is 3.55. The second-order valence-corrected chi connectivity index (χ2v) is 2.95. The van der Waals surface area contributed by atoms with Gasteiger partial charge in [0.2, 0.25) is 0 Å². The van der Waals surface area contributed by atoms with Gasteiger partial charge in [-0.25, -0.2) is 0 Å². The lowest BCUT2D eigenvalue weighted by Gasteiger charge is -2.08. The third kappa shape index (κ3) is 2.51. The average Bonchev–Trinajstić information content (AvgIpc) is 2.18. The molecule has 0 aliphatic rings. The van der Waals surface area contributed by atoms with Crippen molar-refractivity contribution >= 4 is 5.69 Å². The third-order valence-corrected chi connectivity index (χ3v) is 1.91. The number of nitrogens with zero attached hydrogens (tertiary/aromatic N) is 1. The molecule has 5 nitrogen and oxygen atoms in total. The maximum Gasteiger partial charge on any atom is 0.269 e. The van der Waals surface area contributed by atoms with Crippen molar-refractivity contribution in [3.8, 4) is 0 Å². The molecule has 0 aliphatic heterocycles. The molecule has 0 fully saturated rings. The minimum Gasteiger partial charge on any atom is -0.388 e. The number of nitro groups is 1. The van der Waals surface area contributed by atoms with Crippen molar-refractivity contribution < 1.29 is 10.0 Å². The Morgan fingerprint density at radius 2 is 2.29 bits per heavy atom. The number of aliphatic hydroxyl groups excluding tert-OH is 1. The molecule has 76 valence electrons. The molecular weight excluding hydrogens is 184 g/mol. The van der Waals surface area contributed by atoms with E-state index in [2.05, 4.69) is 0 Å². The summed E-state index contributed by atoms with van der Waals surface area (Å²) in [6, 6.07) is 5.94. The molecule has 0 aromatic heterocycles. The summed E-state index contributed by atoms with van der Waals surface area (Å²) in [7, 11) is 0. The Hall–Kier alpha value is -1.46. The van der Waals surface area contributed by atoms with E-state index in [0.717, 1.165) is 0 Å². The lowest BCUT2D eigenvalue weighted by molar-refractivity contribution is -0.385. The van der Waals surface area contributed by atoms with E-state index in [1.54, 1.807) is 12.1 Å². The average molecular weight is 196 g/mol. The predicted molar refractivity (Wildman–Crippen MR) is 51.7 cm³/mol. The molecule has 1 aromatic rings. The monoisotopic (exact) mass is 196 g/mol. The molecule has 0 saturated carbocycles. The zero-order valence-corrected chi connectivity index (χ0v) is 7.59. The first-order chi connectivity index (χ1) is 6.65. The summed E-state index contributed by atoms with van der Waals surface area (Å²) in [5.41, 5.74) is 5.79. The summed E-state index contributed by atoms with van der Waals surface area (Å²) >= 11 is 0. The molecule has 0 radical (unpaired) electrons. The van der Waals surface area contributed by atoms with Gasteiger partial charge in [0.05, 0.1) is 11.0 Å². The van der Waals surface area contributed by atoms with Crippen molar-refractivity contribution in [1.82, 2.24) is 0 Å². The summed E-state index contributed by atoms with van der Waals surface area (Å²) in [5.74, 6) is 0. The highest BCUT2D eigenvalue weighted by Crippen LogP contribution is 2.20. The van der Waals surface area contributed by atoms with Crippen LogP contribution < -0.4 is 5.73 Å². The Morgan fingerprint density at radius 3 is 2.86 bits per heavy atom. The van der Waals surface area contributed by atoms with Crippen LogP contribution in [0, 0.1) is 10.1 Å². The van der Waals surface area contributed by atoms with Gasteiger partial charge in [0.1, 0.15) is 0 Å². The van der Waals surface area contributed by atoms with Gasteiger partial charge >= 0.3 is 0 Å².